The highest BCUT2D eigenvalue weighted by molar-refractivity contribution is 5.85. The van der Waals surface area contributed by atoms with Gasteiger partial charge in [-0.1, -0.05) is 12.8 Å². The smallest absolute Gasteiger partial charge is 0.237 e. The molecule has 0 aromatic carbocycles. The highest BCUT2D eigenvalue weighted by Crippen LogP contribution is 2.27. The van der Waals surface area contributed by atoms with Gasteiger partial charge in [0.25, 0.3) is 0 Å². The van der Waals surface area contributed by atoms with Gasteiger partial charge < -0.3 is 15.7 Å². The first kappa shape index (κ1) is 14.7. The molecule has 1 aliphatic heterocycles. The number of hydrogen-bond acceptors (Lipinski definition) is 3. The molecule has 2 rings (SSSR count). The van der Waals surface area contributed by atoms with Crippen molar-refractivity contribution in [1.82, 2.24) is 10.6 Å². The fourth-order valence-electron chi connectivity index (χ4n) is 2.82. The van der Waals surface area contributed by atoms with Crippen molar-refractivity contribution < 1.29 is 9.90 Å². The molecule has 1 saturated heterocycles. The summed E-state index contributed by atoms with van der Waals surface area (Å²) in [7, 11) is 0. The van der Waals surface area contributed by atoms with Gasteiger partial charge in [0.1, 0.15) is 0 Å². The van der Waals surface area contributed by atoms with Crippen molar-refractivity contribution in [2.24, 2.45) is 5.92 Å². The molecule has 4 nitrogen and oxygen atoms in total. The quantitative estimate of drug-likeness (QED) is 0.706. The van der Waals surface area contributed by atoms with Crippen LogP contribution in [0.1, 0.15) is 39.0 Å². The SMILES string of the molecule is CC(NC(=O)C1CC(O)CN1)C1CCCC1.Cl. The summed E-state index contributed by atoms with van der Waals surface area (Å²) in [4.78, 5) is 11.9. The van der Waals surface area contributed by atoms with Crippen LogP contribution in [0.25, 0.3) is 0 Å². The van der Waals surface area contributed by atoms with E-state index in [1.165, 1.54) is 25.7 Å². The predicted octanol–water partition coefficient (Wildman–Crippen LogP) is 0.826. The van der Waals surface area contributed by atoms with Crippen molar-refractivity contribution in [1.29, 1.82) is 0 Å². The second-order valence-electron chi connectivity index (χ2n) is 5.19. The molecule has 1 aliphatic carbocycles. The van der Waals surface area contributed by atoms with E-state index in [0.29, 0.717) is 18.9 Å². The van der Waals surface area contributed by atoms with Crippen LogP contribution in [-0.4, -0.2) is 35.7 Å². The van der Waals surface area contributed by atoms with Gasteiger partial charge in [-0.15, -0.1) is 12.4 Å². The van der Waals surface area contributed by atoms with E-state index >= 15 is 0 Å². The topological polar surface area (TPSA) is 61.4 Å². The molecule has 0 radical (unpaired) electrons. The molecule has 5 heteroatoms. The molecule has 3 atom stereocenters. The summed E-state index contributed by atoms with van der Waals surface area (Å²) in [6.07, 6.45) is 5.25. The third-order valence-corrected chi connectivity index (χ3v) is 3.90. The van der Waals surface area contributed by atoms with Gasteiger partial charge in [-0.25, -0.2) is 0 Å². The number of amides is 1. The zero-order valence-electron chi connectivity index (χ0n) is 10.3. The Bertz CT molecular complexity index is 257. The Hall–Kier alpha value is -0.320. The van der Waals surface area contributed by atoms with E-state index in [0.717, 1.165) is 0 Å². The van der Waals surface area contributed by atoms with Crippen LogP contribution in [0.2, 0.25) is 0 Å². The number of carbonyl (C=O) groups is 1. The van der Waals surface area contributed by atoms with Crippen molar-refractivity contribution in [3.05, 3.63) is 0 Å². The molecule has 1 heterocycles. The van der Waals surface area contributed by atoms with Gasteiger partial charge in [-0.3, -0.25) is 4.79 Å². The van der Waals surface area contributed by atoms with Crippen LogP contribution in [0.5, 0.6) is 0 Å². The number of β-amino-alcohol motifs (C(OH)–C–C–N with tert-alkyl or cyclic N) is 1. The highest BCUT2D eigenvalue weighted by Gasteiger charge is 2.30. The molecule has 2 aliphatic rings. The van der Waals surface area contributed by atoms with Crippen LogP contribution in [0.15, 0.2) is 0 Å². The van der Waals surface area contributed by atoms with E-state index in [9.17, 15) is 9.90 Å². The Balaban J connectivity index is 0.00000144. The third kappa shape index (κ3) is 3.83. The molecule has 100 valence electrons. The maximum Gasteiger partial charge on any atom is 0.237 e. The molecule has 3 unspecified atom stereocenters. The van der Waals surface area contributed by atoms with Crippen molar-refractivity contribution in [3.63, 3.8) is 0 Å². The first-order valence-corrected chi connectivity index (χ1v) is 6.38. The van der Waals surface area contributed by atoms with Gasteiger partial charge in [0.05, 0.1) is 12.1 Å². The lowest BCUT2D eigenvalue weighted by atomic mass is 9.99. The van der Waals surface area contributed by atoms with Crippen LogP contribution in [-0.2, 0) is 4.79 Å². The molecule has 3 N–H and O–H groups in total. The van der Waals surface area contributed by atoms with E-state index in [-0.39, 0.29) is 36.5 Å². The second kappa shape index (κ2) is 6.57. The van der Waals surface area contributed by atoms with Gasteiger partial charge in [0.2, 0.25) is 5.91 Å². The fourth-order valence-corrected chi connectivity index (χ4v) is 2.82. The summed E-state index contributed by atoms with van der Waals surface area (Å²) in [5, 5.41) is 15.5. The van der Waals surface area contributed by atoms with Crippen molar-refractivity contribution >= 4 is 18.3 Å². The van der Waals surface area contributed by atoms with Crippen LogP contribution >= 0.6 is 12.4 Å². The lowest BCUT2D eigenvalue weighted by Gasteiger charge is -2.22. The molecular weight excluding hydrogens is 240 g/mol. The molecule has 17 heavy (non-hydrogen) atoms. The normalized spacial score (nSPS) is 30.9. The zero-order chi connectivity index (χ0) is 11.5. The van der Waals surface area contributed by atoms with E-state index < -0.39 is 0 Å². The fraction of sp³-hybridized carbons (Fsp3) is 0.917. The molecule has 1 amide bonds. The number of hydrogen-bond donors (Lipinski definition) is 3. The summed E-state index contributed by atoms with van der Waals surface area (Å²) < 4.78 is 0. The Morgan fingerprint density at radius 3 is 2.59 bits per heavy atom. The van der Waals surface area contributed by atoms with Gasteiger partial charge in [-0.05, 0) is 32.1 Å². The number of halogens is 1. The Morgan fingerprint density at radius 2 is 2.06 bits per heavy atom. The van der Waals surface area contributed by atoms with E-state index in [1.54, 1.807) is 0 Å². The van der Waals surface area contributed by atoms with Gasteiger partial charge in [-0.2, -0.15) is 0 Å². The number of rotatable bonds is 3. The summed E-state index contributed by atoms with van der Waals surface area (Å²) in [6.45, 7) is 2.63. The number of nitrogens with one attached hydrogen (secondary N) is 2. The molecule has 0 spiro atoms. The summed E-state index contributed by atoms with van der Waals surface area (Å²) in [6, 6.07) is 0.0772. The maximum absolute atomic E-state index is 11.9. The monoisotopic (exact) mass is 262 g/mol. The lowest BCUT2D eigenvalue weighted by molar-refractivity contribution is -0.123. The molecule has 0 bridgehead atoms. The predicted molar refractivity (Wildman–Crippen MR) is 69.2 cm³/mol. The maximum atomic E-state index is 11.9. The van der Waals surface area contributed by atoms with Crippen molar-refractivity contribution in [2.45, 2.75) is 57.2 Å². The van der Waals surface area contributed by atoms with E-state index in [2.05, 4.69) is 17.6 Å². The zero-order valence-corrected chi connectivity index (χ0v) is 11.1. The average Bonchev–Trinajstić information content (AvgIpc) is 2.87. The summed E-state index contributed by atoms with van der Waals surface area (Å²) in [5.41, 5.74) is 0. The number of aliphatic hydroxyl groups excluding tert-OH is 1. The highest BCUT2D eigenvalue weighted by atomic mass is 35.5. The lowest BCUT2D eigenvalue weighted by Crippen LogP contribution is -2.46. The average molecular weight is 263 g/mol. The third-order valence-electron chi connectivity index (χ3n) is 3.90. The first-order chi connectivity index (χ1) is 7.66. The molecule has 0 aromatic rings. The van der Waals surface area contributed by atoms with Crippen molar-refractivity contribution in [2.75, 3.05) is 6.54 Å². The van der Waals surface area contributed by atoms with Crippen LogP contribution < -0.4 is 10.6 Å². The summed E-state index contributed by atoms with van der Waals surface area (Å²) >= 11 is 0. The molecule has 2 fully saturated rings. The van der Waals surface area contributed by atoms with Gasteiger partial charge in [0, 0.05) is 12.6 Å². The Kier molecular flexibility index (Phi) is 5.70. The van der Waals surface area contributed by atoms with Crippen molar-refractivity contribution in [3.8, 4) is 0 Å². The minimum absolute atomic E-state index is 0. The number of carbonyl (C=O) groups excluding carboxylic acids is 1. The van der Waals surface area contributed by atoms with Gasteiger partial charge >= 0.3 is 0 Å². The van der Waals surface area contributed by atoms with E-state index in [1.807, 2.05) is 0 Å². The number of aliphatic hydroxyl groups is 1. The Morgan fingerprint density at radius 1 is 1.41 bits per heavy atom. The molecule has 0 aromatic heterocycles. The van der Waals surface area contributed by atoms with Crippen LogP contribution in [0, 0.1) is 5.92 Å². The van der Waals surface area contributed by atoms with E-state index in [4.69, 9.17) is 0 Å². The van der Waals surface area contributed by atoms with Crippen LogP contribution in [0.4, 0.5) is 0 Å². The van der Waals surface area contributed by atoms with Gasteiger partial charge in [0.15, 0.2) is 0 Å². The summed E-state index contributed by atoms with van der Waals surface area (Å²) in [5.74, 6) is 0.700. The van der Waals surface area contributed by atoms with Crippen LogP contribution in [0.3, 0.4) is 0 Å². The first-order valence-electron chi connectivity index (χ1n) is 6.38. The Labute approximate surface area is 109 Å². The largest absolute Gasteiger partial charge is 0.392 e. The second-order valence-corrected chi connectivity index (χ2v) is 5.19. The standard InChI is InChI=1S/C12H22N2O2.ClH/c1-8(9-4-2-3-5-9)14-12(16)11-6-10(15)7-13-11;/h8-11,13,15H,2-7H2,1H3,(H,14,16);1H. The molecular formula is C12H23ClN2O2. The molecule has 1 saturated carbocycles. The minimum Gasteiger partial charge on any atom is -0.392 e. The minimum atomic E-state index is -0.363.